The topological polar surface area (TPSA) is 72.3 Å². The van der Waals surface area contributed by atoms with Gasteiger partial charge in [-0.25, -0.2) is 9.48 Å². The molecule has 1 N–H and O–H groups in total. The number of carbonyl (C=O) groups excluding carboxylic acids is 1. The molecule has 9 heteroatoms. The molecule has 3 aromatic carbocycles. The van der Waals surface area contributed by atoms with Gasteiger partial charge in [0.2, 0.25) is 0 Å². The lowest BCUT2D eigenvalue weighted by atomic mass is 9.98. The lowest BCUT2D eigenvalue weighted by molar-refractivity contribution is 0.0880. The molecule has 1 atom stereocenters. The quantitative estimate of drug-likeness (QED) is 0.385. The summed E-state index contributed by atoms with van der Waals surface area (Å²) in [5.41, 5.74) is 6.89. The van der Waals surface area contributed by atoms with Gasteiger partial charge in [0.15, 0.2) is 0 Å². The number of amides is 1. The molecule has 37 heavy (non-hydrogen) atoms. The first-order chi connectivity index (χ1) is 17.3. The number of ether oxygens (including phenoxy) is 1. The van der Waals surface area contributed by atoms with Crippen LogP contribution in [0.3, 0.4) is 0 Å². The molecule has 2 aliphatic rings. The van der Waals surface area contributed by atoms with Crippen LogP contribution in [0.4, 0.5) is 4.79 Å². The average Bonchev–Trinajstić information content (AvgIpc) is 3.51. The predicted octanol–water partition coefficient (Wildman–Crippen LogP) is 5.07. The summed E-state index contributed by atoms with van der Waals surface area (Å²) < 4.78 is 7.70. The highest BCUT2D eigenvalue weighted by Gasteiger charge is 2.31. The van der Waals surface area contributed by atoms with Crippen LogP contribution in [0.1, 0.15) is 34.3 Å². The van der Waals surface area contributed by atoms with Gasteiger partial charge >= 0.3 is 6.09 Å². The maximum absolute atomic E-state index is 13.0. The summed E-state index contributed by atoms with van der Waals surface area (Å²) in [5.74, 6) is 0.0583. The average molecular weight is 538 g/mol. The molecular formula is C28H29Cl2N5O2. The highest BCUT2D eigenvalue weighted by molar-refractivity contribution is 5.85. The number of carbonyl (C=O) groups is 1. The van der Waals surface area contributed by atoms with E-state index in [1.807, 2.05) is 41.2 Å². The van der Waals surface area contributed by atoms with Gasteiger partial charge in [-0.15, -0.1) is 29.9 Å². The second-order valence-corrected chi connectivity index (χ2v) is 9.08. The first kappa shape index (κ1) is 26.7. The third kappa shape index (κ3) is 5.49. The molecule has 192 valence electrons. The standard InChI is InChI=1S/C28H27N5O2.2ClH/c34-28(35-19-25-23-12-6-4-10-21(23)22-11-5-7-13-24(22)25)32-15-14-29-26(17-32)27-18-33(31-30-27)16-20-8-2-1-3-9-20;;/h1-13,18,25-26,29H,14-17,19H2;2*1H. The lowest BCUT2D eigenvalue weighted by Gasteiger charge is -2.32. The maximum atomic E-state index is 13.0. The van der Waals surface area contributed by atoms with E-state index in [4.69, 9.17) is 4.74 Å². The van der Waals surface area contributed by atoms with Crippen LogP contribution in [0.5, 0.6) is 0 Å². The number of nitrogens with zero attached hydrogens (tertiary/aromatic N) is 4. The summed E-state index contributed by atoms with van der Waals surface area (Å²) in [6.45, 7) is 2.78. The van der Waals surface area contributed by atoms with Crippen molar-refractivity contribution in [3.05, 3.63) is 107 Å². The Kier molecular flexibility index (Phi) is 8.48. The van der Waals surface area contributed by atoms with Gasteiger partial charge in [-0.1, -0.05) is 84.1 Å². The highest BCUT2D eigenvalue weighted by Crippen LogP contribution is 2.44. The van der Waals surface area contributed by atoms with Crippen molar-refractivity contribution in [1.82, 2.24) is 25.2 Å². The fourth-order valence-electron chi connectivity index (χ4n) is 5.12. The van der Waals surface area contributed by atoms with Gasteiger partial charge in [0.1, 0.15) is 12.3 Å². The zero-order chi connectivity index (χ0) is 23.6. The van der Waals surface area contributed by atoms with E-state index in [2.05, 4.69) is 64.2 Å². The minimum atomic E-state index is -0.282. The number of aromatic nitrogens is 3. The van der Waals surface area contributed by atoms with Gasteiger partial charge in [-0.2, -0.15) is 0 Å². The molecule has 6 rings (SSSR count). The van der Waals surface area contributed by atoms with Crippen LogP contribution >= 0.6 is 24.8 Å². The molecular weight excluding hydrogens is 509 g/mol. The summed E-state index contributed by atoms with van der Waals surface area (Å²) >= 11 is 0. The predicted molar refractivity (Wildman–Crippen MR) is 147 cm³/mol. The molecule has 0 radical (unpaired) electrons. The van der Waals surface area contributed by atoms with E-state index in [0.717, 1.165) is 5.69 Å². The number of piperazine rings is 1. The Balaban J connectivity index is 0.00000160. The van der Waals surface area contributed by atoms with Gasteiger partial charge in [0.25, 0.3) is 0 Å². The van der Waals surface area contributed by atoms with E-state index >= 15 is 0 Å². The summed E-state index contributed by atoms with van der Waals surface area (Å²) in [5, 5.41) is 12.1. The number of benzene rings is 3. The smallest absolute Gasteiger partial charge is 0.409 e. The van der Waals surface area contributed by atoms with Crippen molar-refractivity contribution in [2.45, 2.75) is 18.5 Å². The fourth-order valence-corrected chi connectivity index (χ4v) is 5.12. The maximum Gasteiger partial charge on any atom is 0.409 e. The lowest BCUT2D eigenvalue weighted by Crippen LogP contribution is -2.48. The largest absolute Gasteiger partial charge is 0.448 e. The second-order valence-electron chi connectivity index (χ2n) is 9.08. The van der Waals surface area contributed by atoms with Gasteiger partial charge in [0, 0.05) is 25.6 Å². The first-order valence-corrected chi connectivity index (χ1v) is 12.0. The highest BCUT2D eigenvalue weighted by atomic mass is 35.5. The second kappa shape index (κ2) is 11.8. The number of hydrogen-bond acceptors (Lipinski definition) is 5. The van der Waals surface area contributed by atoms with E-state index < -0.39 is 0 Å². The Morgan fingerprint density at radius 1 is 0.919 bits per heavy atom. The SMILES string of the molecule is Cl.Cl.O=C(OCC1c2ccccc2-c2ccccc21)N1CCNC(c2cn(Cc3ccccc3)nn2)C1. The molecule has 1 unspecified atom stereocenters. The van der Waals surface area contributed by atoms with Gasteiger partial charge < -0.3 is 15.0 Å². The van der Waals surface area contributed by atoms with Crippen molar-refractivity contribution in [2.75, 3.05) is 26.2 Å². The molecule has 2 heterocycles. The first-order valence-electron chi connectivity index (χ1n) is 12.0. The van der Waals surface area contributed by atoms with Crippen LogP contribution in [0.15, 0.2) is 85.1 Å². The Labute approximate surface area is 228 Å². The molecule has 1 aliphatic heterocycles. The van der Waals surface area contributed by atoms with E-state index in [1.54, 1.807) is 4.90 Å². The van der Waals surface area contributed by atoms with Crippen molar-refractivity contribution < 1.29 is 9.53 Å². The molecule has 0 spiro atoms. The number of rotatable bonds is 5. The zero-order valence-electron chi connectivity index (χ0n) is 20.2. The molecule has 1 aromatic heterocycles. The van der Waals surface area contributed by atoms with Crippen molar-refractivity contribution in [2.24, 2.45) is 0 Å². The molecule has 0 saturated carbocycles. The Bertz CT molecular complexity index is 1300. The van der Waals surface area contributed by atoms with Crippen molar-refractivity contribution >= 4 is 30.9 Å². The van der Waals surface area contributed by atoms with Crippen LogP contribution in [-0.4, -0.2) is 52.2 Å². The fraction of sp³-hybridized carbons (Fsp3) is 0.250. The minimum absolute atomic E-state index is 0. The van der Waals surface area contributed by atoms with Gasteiger partial charge in [-0.3, -0.25) is 0 Å². The van der Waals surface area contributed by atoms with Crippen LogP contribution in [0, 0.1) is 0 Å². The third-order valence-electron chi connectivity index (χ3n) is 6.87. The number of hydrogen-bond donors (Lipinski definition) is 1. The molecule has 0 bridgehead atoms. The van der Waals surface area contributed by atoms with Crippen LogP contribution in [0.25, 0.3) is 11.1 Å². The van der Waals surface area contributed by atoms with Crippen molar-refractivity contribution in [1.29, 1.82) is 0 Å². The molecule has 1 aliphatic carbocycles. The van der Waals surface area contributed by atoms with E-state index in [1.165, 1.54) is 27.8 Å². The number of nitrogens with one attached hydrogen (secondary N) is 1. The van der Waals surface area contributed by atoms with Crippen LogP contribution in [-0.2, 0) is 11.3 Å². The van der Waals surface area contributed by atoms with Crippen molar-refractivity contribution in [3.8, 4) is 11.1 Å². The molecule has 7 nitrogen and oxygen atoms in total. The Morgan fingerprint density at radius 2 is 1.57 bits per heavy atom. The van der Waals surface area contributed by atoms with E-state index in [0.29, 0.717) is 32.8 Å². The summed E-state index contributed by atoms with van der Waals surface area (Å²) in [4.78, 5) is 14.8. The van der Waals surface area contributed by atoms with Crippen molar-refractivity contribution in [3.63, 3.8) is 0 Å². The summed E-state index contributed by atoms with van der Waals surface area (Å²) in [6, 6.07) is 26.8. The molecule has 1 fully saturated rings. The number of fused-ring (bicyclic) bond motifs is 3. The van der Waals surface area contributed by atoms with Crippen LogP contribution < -0.4 is 5.32 Å². The van der Waals surface area contributed by atoms with E-state index in [-0.39, 0.29) is 42.9 Å². The van der Waals surface area contributed by atoms with E-state index in [9.17, 15) is 4.79 Å². The summed E-state index contributed by atoms with van der Waals surface area (Å²) in [6.07, 6.45) is 1.67. The normalized spacial score (nSPS) is 16.2. The van der Waals surface area contributed by atoms with Gasteiger partial charge in [0.05, 0.1) is 18.8 Å². The number of halogens is 2. The Morgan fingerprint density at radius 3 is 2.27 bits per heavy atom. The third-order valence-corrected chi connectivity index (χ3v) is 6.87. The zero-order valence-corrected chi connectivity index (χ0v) is 21.8. The van der Waals surface area contributed by atoms with Gasteiger partial charge in [-0.05, 0) is 27.8 Å². The monoisotopic (exact) mass is 537 g/mol. The Hall–Kier alpha value is -3.39. The summed E-state index contributed by atoms with van der Waals surface area (Å²) in [7, 11) is 0. The molecule has 1 amide bonds. The van der Waals surface area contributed by atoms with Crippen LogP contribution in [0.2, 0.25) is 0 Å². The minimum Gasteiger partial charge on any atom is -0.448 e. The molecule has 1 saturated heterocycles. The molecule has 4 aromatic rings.